The van der Waals surface area contributed by atoms with E-state index in [4.69, 9.17) is 0 Å². The third kappa shape index (κ3) is 1.40. The maximum atomic E-state index is 4.01. The number of rotatable bonds is 2. The Bertz CT molecular complexity index is 207. The Morgan fingerprint density at radius 1 is 1.80 bits per heavy atom. The molecule has 0 amide bonds. The lowest BCUT2D eigenvalue weighted by Gasteiger charge is -2.10. The van der Waals surface area contributed by atoms with Crippen LogP contribution < -0.4 is 0 Å². The minimum absolute atomic E-state index is 0.539. The van der Waals surface area contributed by atoms with Crippen molar-refractivity contribution in [3.8, 4) is 0 Å². The number of halogens is 1. The molecule has 1 aromatic rings. The quantitative estimate of drug-likeness (QED) is 0.722. The van der Waals surface area contributed by atoms with Gasteiger partial charge in [-0.1, -0.05) is 6.92 Å². The van der Waals surface area contributed by atoms with Crippen molar-refractivity contribution in [1.82, 2.24) is 9.55 Å². The fraction of sp³-hybridized carbons (Fsp3) is 0.571. The van der Waals surface area contributed by atoms with Gasteiger partial charge in [0.25, 0.3) is 0 Å². The molecule has 0 aliphatic rings. The van der Waals surface area contributed by atoms with Crippen LogP contribution in [-0.2, 0) is 0 Å². The van der Waals surface area contributed by atoms with Crippen LogP contribution in [0.15, 0.2) is 17.1 Å². The monoisotopic (exact) mass is 202 g/mol. The van der Waals surface area contributed by atoms with Crippen molar-refractivity contribution in [2.45, 2.75) is 26.3 Å². The molecule has 0 saturated heterocycles. The number of nitrogens with zero attached hydrogens (tertiary/aromatic N) is 2. The smallest absolute Gasteiger partial charge is 0.105 e. The van der Waals surface area contributed by atoms with Gasteiger partial charge in [0.2, 0.25) is 0 Å². The number of imidazole rings is 1. The highest BCUT2D eigenvalue weighted by Gasteiger charge is 2.03. The van der Waals surface area contributed by atoms with Gasteiger partial charge in [-0.05, 0) is 29.3 Å². The van der Waals surface area contributed by atoms with Crippen LogP contribution in [0.4, 0.5) is 0 Å². The van der Waals surface area contributed by atoms with E-state index in [1.807, 2.05) is 12.5 Å². The van der Waals surface area contributed by atoms with Gasteiger partial charge < -0.3 is 4.57 Å². The summed E-state index contributed by atoms with van der Waals surface area (Å²) in [5, 5.41) is 0. The van der Waals surface area contributed by atoms with Gasteiger partial charge in [0.05, 0.1) is 12.5 Å². The first-order valence-corrected chi connectivity index (χ1v) is 4.22. The van der Waals surface area contributed by atoms with Crippen LogP contribution in [0, 0.1) is 0 Å². The van der Waals surface area contributed by atoms with E-state index in [1.165, 1.54) is 0 Å². The lowest BCUT2D eigenvalue weighted by molar-refractivity contribution is 0.522. The molecule has 0 aliphatic carbocycles. The first-order valence-electron chi connectivity index (χ1n) is 3.43. The Morgan fingerprint density at radius 2 is 2.50 bits per heavy atom. The zero-order valence-electron chi connectivity index (χ0n) is 6.21. The second kappa shape index (κ2) is 3.19. The van der Waals surface area contributed by atoms with Crippen molar-refractivity contribution >= 4 is 15.9 Å². The number of hydrogen-bond donors (Lipinski definition) is 0. The van der Waals surface area contributed by atoms with Crippen LogP contribution in [0.3, 0.4) is 0 Å². The zero-order valence-corrected chi connectivity index (χ0v) is 7.80. The Morgan fingerprint density at radius 3 is 2.90 bits per heavy atom. The minimum atomic E-state index is 0.539. The Balaban J connectivity index is 2.82. The van der Waals surface area contributed by atoms with E-state index in [1.54, 1.807) is 0 Å². The van der Waals surface area contributed by atoms with E-state index in [-0.39, 0.29) is 0 Å². The van der Waals surface area contributed by atoms with E-state index < -0.39 is 0 Å². The maximum Gasteiger partial charge on any atom is 0.105 e. The second-order valence-corrected chi connectivity index (χ2v) is 3.19. The summed E-state index contributed by atoms with van der Waals surface area (Å²) < 4.78 is 3.17. The summed E-state index contributed by atoms with van der Waals surface area (Å²) in [4.78, 5) is 4.01. The molecule has 0 unspecified atom stereocenters. The average molecular weight is 203 g/mol. The third-order valence-electron chi connectivity index (χ3n) is 1.68. The van der Waals surface area contributed by atoms with Crippen LogP contribution >= 0.6 is 15.9 Å². The van der Waals surface area contributed by atoms with Crippen LogP contribution in [0.25, 0.3) is 0 Å². The Labute approximate surface area is 69.4 Å². The third-order valence-corrected chi connectivity index (χ3v) is 2.30. The summed E-state index contributed by atoms with van der Waals surface area (Å²) in [5.41, 5.74) is 0. The summed E-state index contributed by atoms with van der Waals surface area (Å²) in [6.07, 6.45) is 4.79. The van der Waals surface area contributed by atoms with Gasteiger partial charge in [0.15, 0.2) is 0 Å². The molecule has 0 spiro atoms. The SMILES string of the molecule is CC[C@H](C)n1cncc1Br. The van der Waals surface area contributed by atoms with E-state index in [2.05, 4.69) is 39.3 Å². The molecule has 1 heterocycles. The van der Waals surface area contributed by atoms with Gasteiger partial charge in [-0.25, -0.2) is 4.98 Å². The molecule has 56 valence electrons. The standard InChI is InChI=1S/C7H11BrN2/c1-3-6(2)10-5-9-4-7(10)8/h4-6H,3H2,1-2H3/t6-/m0/s1. The predicted octanol–water partition coefficient (Wildman–Crippen LogP) is 2.62. The summed E-state index contributed by atoms with van der Waals surface area (Å²) in [5.74, 6) is 0. The molecule has 0 aromatic carbocycles. The maximum absolute atomic E-state index is 4.01. The molecule has 0 saturated carbocycles. The highest BCUT2D eigenvalue weighted by atomic mass is 79.9. The molecule has 0 aliphatic heterocycles. The largest absolute Gasteiger partial charge is 0.323 e. The van der Waals surface area contributed by atoms with Crippen molar-refractivity contribution < 1.29 is 0 Å². The topological polar surface area (TPSA) is 17.8 Å². The van der Waals surface area contributed by atoms with Crippen molar-refractivity contribution in [1.29, 1.82) is 0 Å². The average Bonchev–Trinajstić information content (AvgIpc) is 2.34. The van der Waals surface area contributed by atoms with Gasteiger partial charge in [-0.15, -0.1) is 0 Å². The Hall–Kier alpha value is -0.310. The first-order chi connectivity index (χ1) is 4.75. The molecule has 2 nitrogen and oxygen atoms in total. The molecule has 0 N–H and O–H groups in total. The van der Waals surface area contributed by atoms with Crippen molar-refractivity contribution in [3.63, 3.8) is 0 Å². The molecule has 1 aromatic heterocycles. The lowest BCUT2D eigenvalue weighted by atomic mass is 10.3. The van der Waals surface area contributed by atoms with E-state index in [0.29, 0.717) is 6.04 Å². The zero-order chi connectivity index (χ0) is 7.56. The van der Waals surface area contributed by atoms with Gasteiger partial charge in [-0.3, -0.25) is 0 Å². The van der Waals surface area contributed by atoms with Crippen LogP contribution in [0.5, 0.6) is 0 Å². The lowest BCUT2D eigenvalue weighted by Crippen LogP contribution is -2.01. The highest BCUT2D eigenvalue weighted by molar-refractivity contribution is 9.10. The molecule has 1 atom stereocenters. The van der Waals surface area contributed by atoms with Crippen LogP contribution in [-0.4, -0.2) is 9.55 Å². The fourth-order valence-electron chi connectivity index (χ4n) is 0.810. The summed E-state index contributed by atoms with van der Waals surface area (Å²) in [6, 6.07) is 0.539. The van der Waals surface area contributed by atoms with Crippen molar-refractivity contribution in [2.75, 3.05) is 0 Å². The molecular weight excluding hydrogens is 192 g/mol. The fourth-order valence-corrected chi connectivity index (χ4v) is 1.37. The van der Waals surface area contributed by atoms with Gasteiger partial charge in [-0.2, -0.15) is 0 Å². The molecule has 1 rings (SSSR count). The number of aromatic nitrogens is 2. The van der Waals surface area contributed by atoms with E-state index in [9.17, 15) is 0 Å². The first kappa shape index (κ1) is 7.79. The van der Waals surface area contributed by atoms with Crippen molar-refractivity contribution in [2.24, 2.45) is 0 Å². The summed E-state index contributed by atoms with van der Waals surface area (Å²) in [7, 11) is 0. The minimum Gasteiger partial charge on any atom is -0.323 e. The molecular formula is C7H11BrN2. The Kier molecular flexibility index (Phi) is 2.49. The second-order valence-electron chi connectivity index (χ2n) is 2.38. The molecule has 0 fully saturated rings. The normalized spacial score (nSPS) is 13.5. The van der Waals surface area contributed by atoms with Crippen LogP contribution in [0.2, 0.25) is 0 Å². The summed E-state index contributed by atoms with van der Waals surface area (Å²) >= 11 is 3.41. The molecule has 10 heavy (non-hydrogen) atoms. The highest BCUT2D eigenvalue weighted by Crippen LogP contribution is 2.16. The predicted molar refractivity (Wildman–Crippen MR) is 44.9 cm³/mol. The van der Waals surface area contributed by atoms with Crippen LogP contribution in [0.1, 0.15) is 26.3 Å². The number of hydrogen-bond acceptors (Lipinski definition) is 1. The molecule has 3 heteroatoms. The van der Waals surface area contributed by atoms with Crippen molar-refractivity contribution in [3.05, 3.63) is 17.1 Å². The summed E-state index contributed by atoms with van der Waals surface area (Å²) in [6.45, 7) is 4.34. The van der Waals surface area contributed by atoms with E-state index >= 15 is 0 Å². The molecule has 0 bridgehead atoms. The van der Waals surface area contributed by atoms with Gasteiger partial charge >= 0.3 is 0 Å². The van der Waals surface area contributed by atoms with Gasteiger partial charge in [0, 0.05) is 6.04 Å². The van der Waals surface area contributed by atoms with Gasteiger partial charge in [0.1, 0.15) is 4.60 Å². The van der Waals surface area contributed by atoms with E-state index in [0.717, 1.165) is 11.0 Å². The molecule has 0 radical (unpaired) electrons.